The van der Waals surface area contributed by atoms with Crippen LogP contribution >= 0.6 is 0 Å². The molecule has 0 aromatic rings. The van der Waals surface area contributed by atoms with E-state index < -0.39 is 18.2 Å². The molecule has 2 saturated heterocycles. The van der Waals surface area contributed by atoms with E-state index in [2.05, 4.69) is 0 Å². The third kappa shape index (κ3) is 4.84. The first-order valence-electron chi connectivity index (χ1n) is 8.13. The minimum Gasteiger partial charge on any atom is -0.383 e. The van der Waals surface area contributed by atoms with E-state index in [0.29, 0.717) is 13.1 Å². The second-order valence-corrected chi connectivity index (χ2v) is 6.40. The van der Waals surface area contributed by atoms with Crippen molar-refractivity contribution < 1.29 is 23.1 Å². The summed E-state index contributed by atoms with van der Waals surface area (Å²) in [5.74, 6) is -0.666. The topological polar surface area (TPSA) is 43.8 Å². The number of halogens is 3. The van der Waals surface area contributed by atoms with Gasteiger partial charge in [0, 0.05) is 13.1 Å². The lowest BCUT2D eigenvalue weighted by molar-refractivity contribution is -0.223. The summed E-state index contributed by atoms with van der Waals surface area (Å²) in [5.41, 5.74) is 0. The molecule has 2 fully saturated rings. The average Bonchev–Trinajstić information content (AvgIpc) is 2.75. The largest absolute Gasteiger partial charge is 0.414 e. The molecule has 2 heterocycles. The molecule has 1 amide bonds. The third-order valence-electron chi connectivity index (χ3n) is 4.73. The monoisotopic (exact) mass is 322 g/mol. The van der Waals surface area contributed by atoms with Gasteiger partial charge in [0.2, 0.25) is 5.91 Å². The zero-order chi connectivity index (χ0) is 16.2. The maximum absolute atomic E-state index is 12.5. The van der Waals surface area contributed by atoms with Gasteiger partial charge in [-0.25, -0.2) is 0 Å². The highest BCUT2D eigenvalue weighted by molar-refractivity contribution is 5.78. The summed E-state index contributed by atoms with van der Waals surface area (Å²) in [7, 11) is 0. The molecule has 0 bridgehead atoms. The minimum atomic E-state index is -4.55. The van der Waals surface area contributed by atoms with Crippen molar-refractivity contribution in [3.05, 3.63) is 0 Å². The van der Waals surface area contributed by atoms with Gasteiger partial charge >= 0.3 is 6.18 Å². The van der Waals surface area contributed by atoms with E-state index >= 15 is 0 Å². The van der Waals surface area contributed by atoms with Crippen LogP contribution in [0.15, 0.2) is 0 Å². The number of alkyl halides is 3. The number of carbonyl (C=O) groups is 1. The summed E-state index contributed by atoms with van der Waals surface area (Å²) in [4.78, 5) is 16.0. The van der Waals surface area contributed by atoms with E-state index in [0.717, 1.165) is 38.8 Å². The molecule has 0 spiro atoms. The van der Waals surface area contributed by atoms with Gasteiger partial charge in [0.15, 0.2) is 6.10 Å². The Bertz CT molecular complexity index is 360. The van der Waals surface area contributed by atoms with E-state index in [9.17, 15) is 23.1 Å². The number of aliphatic hydroxyl groups is 1. The molecule has 1 N–H and O–H groups in total. The molecule has 0 radical (unpaired) electrons. The van der Waals surface area contributed by atoms with Crippen LogP contribution in [-0.2, 0) is 4.79 Å². The Kier molecular flexibility index (Phi) is 6.09. The molecule has 0 aromatic heterocycles. The quantitative estimate of drug-likeness (QED) is 0.864. The van der Waals surface area contributed by atoms with Crippen molar-refractivity contribution in [1.82, 2.24) is 9.80 Å². The van der Waals surface area contributed by atoms with Gasteiger partial charge in [-0.3, -0.25) is 9.69 Å². The van der Waals surface area contributed by atoms with Crippen LogP contribution in [0.3, 0.4) is 0 Å². The van der Waals surface area contributed by atoms with Crippen molar-refractivity contribution in [2.75, 3.05) is 32.7 Å². The number of carbonyl (C=O) groups excluding carboxylic acids is 1. The molecule has 22 heavy (non-hydrogen) atoms. The molecule has 1 atom stereocenters. The van der Waals surface area contributed by atoms with Crippen molar-refractivity contribution in [1.29, 1.82) is 0 Å². The third-order valence-corrected chi connectivity index (χ3v) is 4.73. The Labute approximate surface area is 129 Å². The number of amides is 1. The Morgan fingerprint density at radius 3 is 2.09 bits per heavy atom. The number of hydrogen-bond acceptors (Lipinski definition) is 3. The molecule has 7 heteroatoms. The van der Waals surface area contributed by atoms with Crippen LogP contribution in [0.2, 0.25) is 0 Å². The Morgan fingerprint density at radius 2 is 1.59 bits per heavy atom. The highest BCUT2D eigenvalue weighted by atomic mass is 19.4. The number of likely N-dealkylation sites (tertiary alicyclic amines) is 2. The van der Waals surface area contributed by atoms with Crippen LogP contribution in [0.4, 0.5) is 13.2 Å². The summed E-state index contributed by atoms with van der Waals surface area (Å²) >= 11 is 0. The van der Waals surface area contributed by atoms with Crippen LogP contribution in [0, 0.1) is 5.92 Å². The lowest BCUT2D eigenvalue weighted by Gasteiger charge is -2.35. The zero-order valence-electron chi connectivity index (χ0n) is 12.8. The van der Waals surface area contributed by atoms with Crippen molar-refractivity contribution in [3.63, 3.8) is 0 Å². The van der Waals surface area contributed by atoms with Crippen LogP contribution in [0.1, 0.15) is 38.5 Å². The summed E-state index contributed by atoms with van der Waals surface area (Å²) < 4.78 is 37.5. The maximum atomic E-state index is 12.5. The molecular weight excluding hydrogens is 297 g/mol. The van der Waals surface area contributed by atoms with Gasteiger partial charge in [-0.05, 0) is 44.7 Å². The second kappa shape index (κ2) is 7.64. The van der Waals surface area contributed by atoms with E-state index in [4.69, 9.17) is 0 Å². The van der Waals surface area contributed by atoms with Crippen LogP contribution in [-0.4, -0.2) is 65.8 Å². The molecule has 4 nitrogen and oxygen atoms in total. The SMILES string of the molecule is O=C(CN1CCC(C(O)C(F)(F)F)CC1)N1CCCCCC1. The molecule has 0 saturated carbocycles. The van der Waals surface area contributed by atoms with Gasteiger partial charge in [0.05, 0.1) is 6.54 Å². The molecule has 0 aromatic carbocycles. The summed E-state index contributed by atoms with van der Waals surface area (Å²) in [6, 6.07) is 0. The zero-order valence-corrected chi connectivity index (χ0v) is 12.8. The number of rotatable bonds is 3. The van der Waals surface area contributed by atoms with Gasteiger partial charge in [-0.1, -0.05) is 12.8 Å². The summed E-state index contributed by atoms with van der Waals surface area (Å²) in [6.45, 7) is 2.76. The minimum absolute atomic E-state index is 0.0803. The number of hydrogen-bond donors (Lipinski definition) is 1. The van der Waals surface area contributed by atoms with E-state index in [1.807, 2.05) is 9.80 Å². The van der Waals surface area contributed by atoms with Crippen molar-refractivity contribution >= 4 is 5.91 Å². The first-order valence-corrected chi connectivity index (χ1v) is 8.13. The molecule has 2 rings (SSSR count). The van der Waals surface area contributed by atoms with Crippen LogP contribution < -0.4 is 0 Å². The Balaban J connectivity index is 1.76. The fourth-order valence-corrected chi connectivity index (χ4v) is 3.31. The predicted molar refractivity (Wildman–Crippen MR) is 76.3 cm³/mol. The summed E-state index contributed by atoms with van der Waals surface area (Å²) in [5, 5.41) is 9.30. The molecule has 2 aliphatic heterocycles. The van der Waals surface area contributed by atoms with E-state index in [1.165, 1.54) is 0 Å². The Hall–Kier alpha value is -0.820. The van der Waals surface area contributed by atoms with Gasteiger partial charge in [0.1, 0.15) is 0 Å². The van der Waals surface area contributed by atoms with Crippen molar-refractivity contribution in [2.24, 2.45) is 5.92 Å². The van der Waals surface area contributed by atoms with Crippen molar-refractivity contribution in [3.8, 4) is 0 Å². The van der Waals surface area contributed by atoms with Crippen LogP contribution in [0.5, 0.6) is 0 Å². The molecule has 128 valence electrons. The van der Waals surface area contributed by atoms with E-state index in [-0.39, 0.29) is 25.3 Å². The normalized spacial score (nSPS) is 24.1. The first kappa shape index (κ1) is 17.5. The molecule has 2 aliphatic rings. The van der Waals surface area contributed by atoms with Gasteiger partial charge < -0.3 is 10.0 Å². The second-order valence-electron chi connectivity index (χ2n) is 6.40. The van der Waals surface area contributed by atoms with E-state index in [1.54, 1.807) is 0 Å². The lowest BCUT2D eigenvalue weighted by atomic mass is 9.91. The molecule has 0 aliphatic carbocycles. The number of nitrogens with zero attached hydrogens (tertiary/aromatic N) is 2. The molecule has 1 unspecified atom stereocenters. The highest BCUT2D eigenvalue weighted by Crippen LogP contribution is 2.31. The lowest BCUT2D eigenvalue weighted by Crippen LogP contribution is -2.47. The predicted octanol–water partition coefficient (Wildman–Crippen LogP) is 2.02. The fraction of sp³-hybridized carbons (Fsp3) is 0.933. The first-order chi connectivity index (χ1) is 10.4. The van der Waals surface area contributed by atoms with Gasteiger partial charge in [-0.15, -0.1) is 0 Å². The van der Waals surface area contributed by atoms with Crippen LogP contribution in [0.25, 0.3) is 0 Å². The van der Waals surface area contributed by atoms with Gasteiger partial charge in [-0.2, -0.15) is 13.2 Å². The van der Waals surface area contributed by atoms with Crippen molar-refractivity contribution in [2.45, 2.75) is 50.8 Å². The molecular formula is C15H25F3N2O2. The highest BCUT2D eigenvalue weighted by Gasteiger charge is 2.44. The maximum Gasteiger partial charge on any atom is 0.414 e. The standard InChI is InChI=1S/C15H25F3N2O2/c16-15(17,18)14(22)12-5-9-19(10-6-12)11-13(21)20-7-3-1-2-4-8-20/h12,14,22H,1-11H2. The Morgan fingerprint density at radius 1 is 1.05 bits per heavy atom. The smallest absolute Gasteiger partial charge is 0.383 e. The number of piperidine rings is 1. The van der Waals surface area contributed by atoms with Gasteiger partial charge in [0.25, 0.3) is 0 Å². The fourth-order valence-electron chi connectivity index (χ4n) is 3.31. The summed E-state index contributed by atoms with van der Waals surface area (Å²) in [6.07, 6.45) is -1.83. The number of aliphatic hydroxyl groups excluding tert-OH is 1. The average molecular weight is 322 g/mol.